The van der Waals surface area contributed by atoms with Gasteiger partial charge in [-0.2, -0.15) is 0 Å². The minimum atomic E-state index is -5.05. The number of hydrogen-bond donors (Lipinski definition) is 1. The number of halogens is 7. The zero-order valence-corrected chi connectivity index (χ0v) is 9.36. The minimum Gasteiger partial charge on any atom is -0.403 e. The Bertz CT molecular complexity index is 397. The number of alkyl halides is 5. The SMILES string of the molecule is Cl.N[C@H](c1ccc(OC(F)(F)F)c(F)c1)C(F)F. The third-order valence-corrected chi connectivity index (χ3v) is 1.84. The van der Waals surface area contributed by atoms with Crippen LogP contribution >= 0.6 is 12.4 Å². The third kappa shape index (κ3) is 4.61. The fourth-order valence-corrected chi connectivity index (χ4v) is 1.08. The summed E-state index contributed by atoms with van der Waals surface area (Å²) in [5, 5.41) is 0. The average Bonchev–Trinajstić information content (AvgIpc) is 2.18. The summed E-state index contributed by atoms with van der Waals surface area (Å²) < 4.78 is 76.0. The van der Waals surface area contributed by atoms with Gasteiger partial charge in [0.1, 0.15) is 0 Å². The molecule has 0 unspecified atom stereocenters. The van der Waals surface area contributed by atoms with Gasteiger partial charge in [0, 0.05) is 0 Å². The van der Waals surface area contributed by atoms with Crippen molar-refractivity contribution in [3.63, 3.8) is 0 Å². The van der Waals surface area contributed by atoms with Crippen molar-refractivity contribution in [1.82, 2.24) is 0 Å². The van der Waals surface area contributed by atoms with Gasteiger partial charge < -0.3 is 10.5 Å². The van der Waals surface area contributed by atoms with Crippen LogP contribution in [0, 0.1) is 5.82 Å². The Hall–Kier alpha value is -1.15. The predicted molar refractivity (Wildman–Crippen MR) is 53.3 cm³/mol. The Morgan fingerprint density at radius 1 is 1.17 bits per heavy atom. The fraction of sp³-hybridized carbons (Fsp3) is 0.333. The third-order valence-electron chi connectivity index (χ3n) is 1.84. The van der Waals surface area contributed by atoms with E-state index in [1.165, 1.54) is 0 Å². The second-order valence-electron chi connectivity index (χ2n) is 3.10. The van der Waals surface area contributed by atoms with Gasteiger partial charge in [0.15, 0.2) is 11.6 Å². The monoisotopic (exact) mass is 295 g/mol. The van der Waals surface area contributed by atoms with Crippen LogP contribution in [0.1, 0.15) is 11.6 Å². The summed E-state index contributed by atoms with van der Waals surface area (Å²) in [5.74, 6) is -2.50. The summed E-state index contributed by atoms with van der Waals surface area (Å²) in [4.78, 5) is 0. The van der Waals surface area contributed by atoms with Crippen LogP contribution in [0.2, 0.25) is 0 Å². The molecule has 1 rings (SSSR count). The van der Waals surface area contributed by atoms with Crippen molar-refractivity contribution in [2.45, 2.75) is 18.8 Å². The smallest absolute Gasteiger partial charge is 0.403 e. The van der Waals surface area contributed by atoms with Gasteiger partial charge in [-0.25, -0.2) is 13.2 Å². The van der Waals surface area contributed by atoms with Crippen molar-refractivity contribution < 1.29 is 31.1 Å². The Morgan fingerprint density at radius 2 is 1.72 bits per heavy atom. The first-order chi connectivity index (χ1) is 7.70. The maximum absolute atomic E-state index is 13.1. The predicted octanol–water partition coefficient (Wildman–Crippen LogP) is 3.41. The highest BCUT2D eigenvalue weighted by Gasteiger charge is 2.32. The molecule has 0 saturated carbocycles. The molecule has 0 aliphatic rings. The van der Waals surface area contributed by atoms with E-state index < -0.39 is 30.4 Å². The lowest BCUT2D eigenvalue weighted by molar-refractivity contribution is -0.275. The van der Waals surface area contributed by atoms with Crippen LogP contribution in [0.5, 0.6) is 5.75 Å². The summed E-state index contributed by atoms with van der Waals surface area (Å²) in [6.07, 6.45) is -7.99. The van der Waals surface area contributed by atoms with Crippen molar-refractivity contribution in [3.8, 4) is 5.75 Å². The average molecular weight is 296 g/mol. The maximum atomic E-state index is 13.1. The quantitative estimate of drug-likeness (QED) is 0.867. The molecule has 1 atom stereocenters. The maximum Gasteiger partial charge on any atom is 0.573 e. The Morgan fingerprint density at radius 3 is 2.11 bits per heavy atom. The number of hydrogen-bond acceptors (Lipinski definition) is 2. The lowest BCUT2D eigenvalue weighted by atomic mass is 10.1. The van der Waals surface area contributed by atoms with E-state index in [0.29, 0.717) is 12.1 Å². The molecular formula is C9H8ClF6NO. The normalized spacial score (nSPS) is 13.1. The van der Waals surface area contributed by atoms with Gasteiger partial charge in [0.05, 0.1) is 6.04 Å². The van der Waals surface area contributed by atoms with E-state index in [-0.39, 0.29) is 18.0 Å². The molecule has 104 valence electrons. The molecule has 9 heteroatoms. The molecule has 0 aromatic heterocycles. The van der Waals surface area contributed by atoms with Gasteiger partial charge in [-0.3, -0.25) is 0 Å². The first kappa shape index (κ1) is 16.9. The Kier molecular flexibility index (Phi) is 5.75. The summed E-state index contributed by atoms with van der Waals surface area (Å²) in [6.45, 7) is 0. The van der Waals surface area contributed by atoms with E-state index in [1.54, 1.807) is 0 Å². The summed E-state index contributed by atoms with van der Waals surface area (Å²) in [6, 6.07) is 0.170. The second kappa shape index (κ2) is 6.14. The Labute approximate surface area is 104 Å². The highest BCUT2D eigenvalue weighted by molar-refractivity contribution is 5.85. The van der Waals surface area contributed by atoms with Crippen molar-refractivity contribution in [1.29, 1.82) is 0 Å². The molecule has 0 aliphatic heterocycles. The van der Waals surface area contributed by atoms with Crippen molar-refractivity contribution in [2.24, 2.45) is 5.73 Å². The summed E-state index contributed by atoms with van der Waals surface area (Å²) in [7, 11) is 0. The lowest BCUT2D eigenvalue weighted by Crippen LogP contribution is -2.20. The molecule has 0 radical (unpaired) electrons. The zero-order chi connectivity index (χ0) is 13.2. The van der Waals surface area contributed by atoms with Crippen LogP contribution in [0.25, 0.3) is 0 Å². The number of nitrogens with two attached hydrogens (primary N) is 1. The highest BCUT2D eigenvalue weighted by Crippen LogP contribution is 2.28. The standard InChI is InChI=1S/C9H7F6NO.ClH/c10-5-3-4(7(16)8(11)12)1-2-6(5)17-9(13,14)15;/h1-3,7-8H,16H2;1H/t7-;/m1./s1. The fourth-order valence-electron chi connectivity index (χ4n) is 1.08. The summed E-state index contributed by atoms with van der Waals surface area (Å²) >= 11 is 0. The van der Waals surface area contributed by atoms with Gasteiger partial charge in [-0.05, 0) is 17.7 Å². The second-order valence-corrected chi connectivity index (χ2v) is 3.10. The first-order valence-corrected chi connectivity index (χ1v) is 4.29. The molecule has 0 heterocycles. The molecule has 0 bridgehead atoms. The van der Waals surface area contributed by atoms with Crippen LogP contribution in [0.3, 0.4) is 0 Å². The Balaban J connectivity index is 0.00000289. The number of ether oxygens (including phenoxy) is 1. The van der Waals surface area contributed by atoms with Crippen LogP contribution in [0.4, 0.5) is 26.3 Å². The van der Waals surface area contributed by atoms with Gasteiger partial charge in [-0.1, -0.05) is 6.07 Å². The molecule has 2 N–H and O–H groups in total. The summed E-state index contributed by atoms with van der Waals surface area (Å²) in [5.41, 5.74) is 4.69. The van der Waals surface area contributed by atoms with E-state index >= 15 is 0 Å². The largest absolute Gasteiger partial charge is 0.573 e. The zero-order valence-electron chi connectivity index (χ0n) is 8.55. The van der Waals surface area contributed by atoms with E-state index in [2.05, 4.69) is 4.74 Å². The highest BCUT2D eigenvalue weighted by atomic mass is 35.5. The molecule has 2 nitrogen and oxygen atoms in total. The van der Waals surface area contributed by atoms with Crippen molar-refractivity contribution in [3.05, 3.63) is 29.6 Å². The molecule has 0 saturated heterocycles. The van der Waals surface area contributed by atoms with Gasteiger partial charge in [-0.15, -0.1) is 25.6 Å². The van der Waals surface area contributed by atoms with Crippen molar-refractivity contribution in [2.75, 3.05) is 0 Å². The molecule has 1 aromatic rings. The topological polar surface area (TPSA) is 35.2 Å². The molecule has 0 spiro atoms. The van der Waals surface area contributed by atoms with Crippen LogP contribution < -0.4 is 10.5 Å². The van der Waals surface area contributed by atoms with E-state index in [1.807, 2.05) is 0 Å². The number of rotatable bonds is 3. The lowest BCUT2D eigenvalue weighted by Gasteiger charge is -2.13. The molecule has 0 fully saturated rings. The first-order valence-electron chi connectivity index (χ1n) is 4.29. The molecular weight excluding hydrogens is 288 g/mol. The number of benzene rings is 1. The van der Waals surface area contributed by atoms with E-state index in [4.69, 9.17) is 5.73 Å². The minimum absolute atomic E-state index is 0. The molecule has 18 heavy (non-hydrogen) atoms. The van der Waals surface area contributed by atoms with Gasteiger partial charge in [0.25, 0.3) is 6.43 Å². The van der Waals surface area contributed by atoms with Gasteiger partial charge in [0.2, 0.25) is 0 Å². The van der Waals surface area contributed by atoms with E-state index in [9.17, 15) is 26.3 Å². The molecule has 1 aromatic carbocycles. The molecule has 0 amide bonds. The van der Waals surface area contributed by atoms with Crippen LogP contribution in [-0.2, 0) is 0 Å². The van der Waals surface area contributed by atoms with E-state index in [0.717, 1.165) is 6.07 Å². The van der Waals surface area contributed by atoms with Gasteiger partial charge >= 0.3 is 6.36 Å². The van der Waals surface area contributed by atoms with Crippen LogP contribution in [0.15, 0.2) is 18.2 Å². The molecule has 0 aliphatic carbocycles. The van der Waals surface area contributed by atoms with Crippen LogP contribution in [-0.4, -0.2) is 12.8 Å². The van der Waals surface area contributed by atoms with Crippen molar-refractivity contribution >= 4 is 12.4 Å².